The summed E-state index contributed by atoms with van der Waals surface area (Å²) in [6.07, 6.45) is 1.83. The van der Waals surface area contributed by atoms with Crippen LogP contribution in [0, 0.1) is 6.92 Å². The first kappa shape index (κ1) is 19.9. The zero-order valence-electron chi connectivity index (χ0n) is 16.3. The van der Waals surface area contributed by atoms with Gasteiger partial charge >= 0.3 is 0 Å². The highest BCUT2D eigenvalue weighted by molar-refractivity contribution is 5.98. The Hall–Kier alpha value is -3.40. The van der Waals surface area contributed by atoms with Gasteiger partial charge in [-0.1, -0.05) is 11.6 Å². The van der Waals surface area contributed by atoms with Crippen molar-refractivity contribution in [3.05, 3.63) is 65.6 Å². The van der Waals surface area contributed by atoms with Gasteiger partial charge in [0.2, 0.25) is 0 Å². The predicted octanol–water partition coefficient (Wildman–Crippen LogP) is 2.80. The van der Waals surface area contributed by atoms with Crippen molar-refractivity contribution in [3.8, 4) is 5.69 Å². The van der Waals surface area contributed by atoms with Crippen molar-refractivity contribution in [1.82, 2.24) is 24.9 Å². The van der Waals surface area contributed by atoms with Gasteiger partial charge in [0.1, 0.15) is 0 Å². The van der Waals surface area contributed by atoms with Crippen LogP contribution in [0.15, 0.2) is 48.9 Å². The molecule has 0 radical (unpaired) electrons. The van der Waals surface area contributed by atoms with E-state index in [1.54, 1.807) is 23.4 Å². The first-order valence-corrected chi connectivity index (χ1v) is 9.44. The Bertz CT molecular complexity index is 1030. The summed E-state index contributed by atoms with van der Waals surface area (Å²) < 4.78 is 26.0. The molecule has 3 heterocycles. The van der Waals surface area contributed by atoms with Gasteiger partial charge in [-0.05, 0) is 31.2 Å². The molecule has 8 nitrogen and oxygen atoms in total. The molecule has 1 aromatic carbocycles. The highest BCUT2D eigenvalue weighted by Crippen LogP contribution is 2.23. The van der Waals surface area contributed by atoms with E-state index in [0.717, 1.165) is 5.56 Å². The van der Waals surface area contributed by atoms with Gasteiger partial charge in [-0.15, -0.1) is 0 Å². The number of hydrogen-bond acceptors (Lipinski definition) is 6. The summed E-state index contributed by atoms with van der Waals surface area (Å²) in [5, 5.41) is 9.71. The number of aromatic nitrogens is 4. The van der Waals surface area contributed by atoms with E-state index < -0.39 is 6.43 Å². The Balaban J connectivity index is 1.54. The number of carbonyl (C=O) groups excluding carboxylic acids is 1. The van der Waals surface area contributed by atoms with Crippen LogP contribution in [0.1, 0.15) is 27.9 Å². The molecule has 1 saturated heterocycles. The number of amides is 1. The third kappa shape index (κ3) is 4.13. The van der Waals surface area contributed by atoms with Crippen molar-refractivity contribution in [3.63, 3.8) is 0 Å². The van der Waals surface area contributed by atoms with E-state index in [1.165, 1.54) is 28.2 Å². The van der Waals surface area contributed by atoms with E-state index in [4.69, 9.17) is 4.84 Å². The average molecular weight is 414 g/mol. The summed E-state index contributed by atoms with van der Waals surface area (Å²) in [6.45, 7) is 3.12. The second kappa shape index (κ2) is 8.54. The number of anilines is 1. The molecule has 0 N–H and O–H groups in total. The average Bonchev–Trinajstić information content (AvgIpc) is 3.17. The molecule has 0 unspecified atom stereocenters. The predicted molar refractivity (Wildman–Crippen MR) is 104 cm³/mol. The molecule has 0 atom stereocenters. The van der Waals surface area contributed by atoms with Gasteiger partial charge in [-0.3, -0.25) is 9.63 Å². The second-order valence-corrected chi connectivity index (χ2v) is 6.81. The molecule has 30 heavy (non-hydrogen) atoms. The first-order chi connectivity index (χ1) is 14.5. The highest BCUT2D eigenvalue weighted by Gasteiger charge is 2.25. The number of carbonyl (C=O) groups is 1. The van der Waals surface area contributed by atoms with Crippen LogP contribution in [-0.2, 0) is 4.84 Å². The fraction of sp³-hybridized carbons (Fsp3) is 0.300. The molecule has 1 amide bonds. The maximum absolute atomic E-state index is 13.3. The van der Waals surface area contributed by atoms with Crippen LogP contribution >= 0.6 is 0 Å². The highest BCUT2D eigenvalue weighted by atomic mass is 19.3. The number of hydrogen-bond donors (Lipinski definition) is 0. The number of benzene rings is 1. The Labute approximate surface area is 171 Å². The lowest BCUT2D eigenvalue weighted by Gasteiger charge is -2.22. The molecule has 4 rings (SSSR count). The van der Waals surface area contributed by atoms with Crippen LogP contribution < -0.4 is 5.06 Å². The quantitative estimate of drug-likeness (QED) is 0.654. The lowest BCUT2D eigenvalue weighted by molar-refractivity contribution is 0.0729. The molecule has 3 aromatic rings. The monoisotopic (exact) mass is 414 g/mol. The minimum absolute atomic E-state index is 0.128. The molecule has 0 saturated carbocycles. The maximum Gasteiger partial charge on any atom is 0.264 e. The normalized spacial score (nSPS) is 14.8. The summed E-state index contributed by atoms with van der Waals surface area (Å²) in [5.74, 6) is 0.116. The molecule has 156 valence electrons. The maximum atomic E-state index is 13.3. The number of alkyl halides is 2. The summed E-state index contributed by atoms with van der Waals surface area (Å²) in [6, 6.07) is 8.07. The van der Waals surface area contributed by atoms with Crippen LogP contribution in [0.4, 0.5) is 14.6 Å². The summed E-state index contributed by atoms with van der Waals surface area (Å²) in [4.78, 5) is 26.1. The molecule has 10 heteroatoms. The van der Waals surface area contributed by atoms with E-state index in [2.05, 4.69) is 15.2 Å². The van der Waals surface area contributed by atoms with Crippen molar-refractivity contribution in [2.24, 2.45) is 0 Å². The largest absolute Gasteiger partial charge is 0.334 e. The van der Waals surface area contributed by atoms with Gasteiger partial charge in [-0.25, -0.2) is 18.8 Å². The third-order valence-corrected chi connectivity index (χ3v) is 4.76. The minimum Gasteiger partial charge on any atom is -0.334 e. The van der Waals surface area contributed by atoms with Crippen LogP contribution in [0.5, 0.6) is 0 Å². The van der Waals surface area contributed by atoms with Crippen LogP contribution in [0.3, 0.4) is 0 Å². The fourth-order valence-electron chi connectivity index (χ4n) is 3.25. The van der Waals surface area contributed by atoms with E-state index >= 15 is 0 Å². The molecule has 0 spiro atoms. The summed E-state index contributed by atoms with van der Waals surface area (Å²) in [5.41, 5.74) is 1.88. The lowest BCUT2D eigenvalue weighted by Crippen LogP contribution is -2.36. The van der Waals surface area contributed by atoms with Gasteiger partial charge in [0.15, 0.2) is 5.82 Å². The third-order valence-electron chi connectivity index (χ3n) is 4.76. The summed E-state index contributed by atoms with van der Waals surface area (Å²) >= 11 is 0. The van der Waals surface area contributed by atoms with E-state index in [1.807, 2.05) is 19.1 Å². The van der Waals surface area contributed by atoms with E-state index in [0.29, 0.717) is 36.7 Å². The Morgan fingerprint density at radius 3 is 2.63 bits per heavy atom. The minimum atomic E-state index is -2.59. The molecular formula is C20H20F2N6O2. The topological polar surface area (TPSA) is 76.4 Å². The van der Waals surface area contributed by atoms with Gasteiger partial charge in [0.05, 0.1) is 36.8 Å². The van der Waals surface area contributed by atoms with Gasteiger partial charge in [-0.2, -0.15) is 15.0 Å². The molecule has 0 aliphatic carbocycles. The fourth-order valence-corrected chi connectivity index (χ4v) is 3.25. The van der Waals surface area contributed by atoms with E-state index in [9.17, 15) is 13.6 Å². The lowest BCUT2D eigenvalue weighted by atomic mass is 10.1. The number of nitrogens with zero attached hydrogens (tertiary/aromatic N) is 6. The van der Waals surface area contributed by atoms with Gasteiger partial charge in [0.25, 0.3) is 12.3 Å². The van der Waals surface area contributed by atoms with Crippen molar-refractivity contribution < 1.29 is 18.4 Å². The van der Waals surface area contributed by atoms with Crippen LogP contribution in [0.2, 0.25) is 0 Å². The van der Waals surface area contributed by atoms with Crippen LogP contribution in [0.25, 0.3) is 5.69 Å². The molecule has 2 aromatic heterocycles. The van der Waals surface area contributed by atoms with Crippen LogP contribution in [-0.4, -0.2) is 57.0 Å². The smallest absolute Gasteiger partial charge is 0.264 e. The number of halogens is 2. The molecule has 1 fully saturated rings. The van der Waals surface area contributed by atoms with Crippen molar-refractivity contribution in [1.29, 1.82) is 0 Å². The number of rotatable bonds is 4. The van der Waals surface area contributed by atoms with Crippen molar-refractivity contribution in [2.45, 2.75) is 13.3 Å². The Kier molecular flexibility index (Phi) is 5.66. The standard InChI is InChI=1S/C20H20F2N6O2/c1-14-2-3-17(28-24-6-7-25-28)16(12-14)20(29)26-8-9-27(30-11-10-26)18-13-15(19(21)22)4-5-23-18/h2-7,12-13,19H,8-11H2,1H3. The van der Waals surface area contributed by atoms with Gasteiger partial charge in [0, 0.05) is 24.8 Å². The van der Waals surface area contributed by atoms with Gasteiger partial charge < -0.3 is 4.90 Å². The Morgan fingerprint density at radius 2 is 1.87 bits per heavy atom. The zero-order valence-corrected chi connectivity index (χ0v) is 16.3. The molecular weight excluding hydrogens is 394 g/mol. The van der Waals surface area contributed by atoms with Crippen molar-refractivity contribution in [2.75, 3.05) is 31.3 Å². The number of pyridine rings is 1. The Morgan fingerprint density at radius 1 is 1.07 bits per heavy atom. The number of hydroxylamine groups is 1. The second-order valence-electron chi connectivity index (χ2n) is 6.81. The zero-order chi connectivity index (χ0) is 21.1. The first-order valence-electron chi connectivity index (χ1n) is 9.44. The van der Waals surface area contributed by atoms with Crippen molar-refractivity contribution >= 4 is 11.7 Å². The van der Waals surface area contributed by atoms with E-state index in [-0.39, 0.29) is 18.1 Å². The molecule has 1 aliphatic rings. The molecule has 1 aliphatic heterocycles. The number of aryl methyl sites for hydroxylation is 1. The SMILES string of the molecule is Cc1ccc(-n2nccn2)c(C(=O)N2CCON(c3cc(C(F)F)ccn3)CC2)c1. The summed E-state index contributed by atoms with van der Waals surface area (Å²) in [7, 11) is 0. The molecule has 0 bridgehead atoms.